The number of aromatic nitrogens is 8. The zero-order chi connectivity index (χ0) is 74.0. The Balaban J connectivity index is 0.000000141. The van der Waals surface area contributed by atoms with E-state index in [0.29, 0.717) is 34.9 Å². The van der Waals surface area contributed by atoms with E-state index in [1.165, 1.54) is 47.5 Å². The predicted molar refractivity (Wildman–Crippen MR) is 463 cm³/mol. The maximum Gasteiger partial charge on any atom is 0.166 e. The largest absolute Gasteiger partial charge is 0.456 e. The molecule has 0 aliphatic heterocycles. The Morgan fingerprint density at radius 1 is 0.188 bits per heavy atom. The monoisotopic (exact) mass is 1450 g/mol. The molecule has 0 amide bonds. The summed E-state index contributed by atoms with van der Waals surface area (Å²) in [6.45, 7) is 0. The minimum atomic E-state index is 0.605. The number of fused-ring (bicyclic) bond motifs is 12. The fraction of sp³-hybridized carbons (Fsp3) is 0. The summed E-state index contributed by atoms with van der Waals surface area (Å²) in [5, 5.41) is 9.54. The van der Waals surface area contributed by atoms with Crippen molar-refractivity contribution in [2.75, 3.05) is 0 Å². The van der Waals surface area contributed by atoms with Crippen molar-refractivity contribution in [3.63, 3.8) is 0 Å². The van der Waals surface area contributed by atoms with Gasteiger partial charge in [0, 0.05) is 97.0 Å². The van der Waals surface area contributed by atoms with Crippen molar-refractivity contribution >= 4 is 97.1 Å². The first-order valence-corrected chi connectivity index (χ1v) is 38.4. The zero-order valence-electron chi connectivity index (χ0n) is 60.3. The first-order valence-electron chi connectivity index (χ1n) is 37.6. The van der Waals surface area contributed by atoms with Crippen LogP contribution in [-0.2, 0) is 0 Å². The predicted octanol–water partition coefficient (Wildman–Crippen LogP) is 26.9. The van der Waals surface area contributed by atoms with E-state index < -0.39 is 0 Å². The molecule has 0 bridgehead atoms. The summed E-state index contributed by atoms with van der Waals surface area (Å²) in [7, 11) is 0. The standard InChI is InChI=1S/C51H32N4O.C51H32N4S/c2*1-4-15-33(16-5-1)38-23-14-24-41(51-53-49(34-17-6-2-7-18-34)52-50(54-51)35-19-8-3-9-20-35)48(38)55-44-25-12-10-21-39(44)42-31-36(27-29-45(42)55)37-28-30-47-43(32-37)40-22-11-13-26-46(40)56-47/h2*1-32H. The highest BCUT2D eigenvalue weighted by Crippen LogP contribution is 2.46. The maximum absolute atomic E-state index is 6.17. The highest BCUT2D eigenvalue weighted by molar-refractivity contribution is 7.25. The van der Waals surface area contributed by atoms with Crippen LogP contribution in [0.3, 0.4) is 0 Å². The Hall–Kier alpha value is -14.8. The van der Waals surface area contributed by atoms with Crippen LogP contribution >= 0.6 is 11.3 Å². The second kappa shape index (κ2) is 27.7. The number of hydrogen-bond acceptors (Lipinski definition) is 8. The number of para-hydroxylation sites is 5. The summed E-state index contributed by atoms with van der Waals surface area (Å²) in [4.78, 5) is 30.9. The summed E-state index contributed by atoms with van der Waals surface area (Å²) in [6.07, 6.45) is 0. The van der Waals surface area contributed by atoms with Crippen molar-refractivity contribution in [2.24, 2.45) is 0 Å². The van der Waals surface area contributed by atoms with Gasteiger partial charge < -0.3 is 13.6 Å². The van der Waals surface area contributed by atoms with E-state index in [1.54, 1.807) is 0 Å². The molecule has 0 radical (unpaired) electrons. The maximum atomic E-state index is 6.17. The summed E-state index contributed by atoms with van der Waals surface area (Å²) < 4.78 is 13.6. The minimum Gasteiger partial charge on any atom is -0.456 e. The van der Waals surface area contributed by atoms with E-state index in [9.17, 15) is 0 Å². The van der Waals surface area contributed by atoms with Crippen LogP contribution in [-0.4, -0.2) is 39.0 Å². The number of thiophene rings is 1. The molecule has 0 fully saturated rings. The van der Waals surface area contributed by atoms with Crippen LogP contribution in [0.2, 0.25) is 0 Å². The molecule has 112 heavy (non-hydrogen) atoms. The molecular weight excluding hydrogens is 1390 g/mol. The van der Waals surface area contributed by atoms with Gasteiger partial charge in [0.05, 0.1) is 33.4 Å². The normalized spacial score (nSPS) is 11.6. The number of rotatable bonds is 12. The van der Waals surface area contributed by atoms with Gasteiger partial charge in [0.15, 0.2) is 34.9 Å². The summed E-state index contributed by atoms with van der Waals surface area (Å²) in [5.74, 6) is 3.73. The molecule has 0 aliphatic rings. The van der Waals surface area contributed by atoms with Gasteiger partial charge in [0.25, 0.3) is 0 Å². The lowest BCUT2D eigenvalue weighted by atomic mass is 9.98. The lowest BCUT2D eigenvalue weighted by Crippen LogP contribution is -2.05. The second-order valence-corrected chi connectivity index (χ2v) is 29.1. The molecule has 0 atom stereocenters. The highest BCUT2D eigenvalue weighted by atomic mass is 32.1. The second-order valence-electron chi connectivity index (χ2n) is 28.0. The molecule has 0 saturated heterocycles. The molecule has 0 unspecified atom stereocenters. The third-order valence-corrected chi connectivity index (χ3v) is 22.5. The van der Waals surface area contributed by atoms with Crippen molar-refractivity contribution in [2.45, 2.75) is 0 Å². The van der Waals surface area contributed by atoms with Gasteiger partial charge in [-0.15, -0.1) is 11.3 Å². The Kier molecular flexibility index (Phi) is 16.2. The van der Waals surface area contributed by atoms with Crippen molar-refractivity contribution in [1.82, 2.24) is 39.0 Å². The summed E-state index contributed by atoms with van der Waals surface area (Å²) in [5.41, 5.74) is 22.9. The van der Waals surface area contributed by atoms with Crippen LogP contribution in [0.1, 0.15) is 0 Å². The molecule has 0 spiro atoms. The van der Waals surface area contributed by atoms with Crippen LogP contribution < -0.4 is 0 Å². The van der Waals surface area contributed by atoms with E-state index in [0.717, 1.165) is 128 Å². The summed E-state index contributed by atoms with van der Waals surface area (Å²) >= 11 is 1.85. The molecular formula is C102H64N8OS. The molecule has 0 aliphatic carbocycles. The number of nitrogens with zero attached hydrogens (tertiary/aromatic N) is 8. The molecule has 9 nitrogen and oxygen atoms in total. The molecule has 6 heterocycles. The highest BCUT2D eigenvalue weighted by Gasteiger charge is 2.26. The van der Waals surface area contributed by atoms with Crippen molar-refractivity contribution < 1.29 is 4.42 Å². The van der Waals surface area contributed by atoms with E-state index in [4.69, 9.17) is 34.3 Å². The molecule has 524 valence electrons. The van der Waals surface area contributed by atoms with Gasteiger partial charge in [-0.05, 0) is 118 Å². The van der Waals surface area contributed by atoms with Gasteiger partial charge in [-0.3, -0.25) is 0 Å². The van der Waals surface area contributed by atoms with Crippen LogP contribution in [0.25, 0.3) is 210 Å². The Morgan fingerprint density at radius 2 is 0.500 bits per heavy atom. The first-order chi connectivity index (χ1) is 55.5. The van der Waals surface area contributed by atoms with E-state index >= 15 is 0 Å². The minimum absolute atomic E-state index is 0.605. The quantitative estimate of drug-likeness (QED) is 0.120. The van der Waals surface area contributed by atoms with Gasteiger partial charge in [0.2, 0.25) is 0 Å². The van der Waals surface area contributed by atoms with Crippen molar-refractivity contribution in [3.05, 3.63) is 388 Å². The third-order valence-electron chi connectivity index (χ3n) is 21.3. The first kappa shape index (κ1) is 65.5. The molecule has 10 heteroatoms. The topological polar surface area (TPSA) is 100 Å². The average Bonchev–Trinajstić information content (AvgIpc) is 1.56. The SMILES string of the molecule is c1ccc(-c2nc(-c3ccccc3)nc(-c3cccc(-c4ccccc4)c3-n3c4ccccc4c4cc(-c5ccc6oc7ccccc7c6c5)ccc43)n2)cc1.c1ccc(-c2nc(-c3ccccc3)nc(-c3cccc(-c4ccccc4)c3-n3c4ccccc4c4cc(-c5ccc6sc7ccccc7c6c5)ccc43)n2)cc1. The van der Waals surface area contributed by atoms with Crippen LogP contribution in [0.15, 0.2) is 393 Å². The van der Waals surface area contributed by atoms with Gasteiger partial charge in [-0.1, -0.05) is 303 Å². The van der Waals surface area contributed by atoms with Gasteiger partial charge >= 0.3 is 0 Å². The molecule has 0 N–H and O–H groups in total. The fourth-order valence-electron chi connectivity index (χ4n) is 16.1. The van der Waals surface area contributed by atoms with Crippen molar-refractivity contribution in [1.29, 1.82) is 0 Å². The Bertz CT molecular complexity index is 6810. The Labute approximate surface area is 648 Å². The number of benzene rings is 16. The third kappa shape index (κ3) is 11.6. The fourth-order valence-corrected chi connectivity index (χ4v) is 17.2. The molecule has 0 saturated carbocycles. The van der Waals surface area contributed by atoms with Crippen LogP contribution in [0.4, 0.5) is 0 Å². The van der Waals surface area contributed by atoms with Gasteiger partial charge in [0.1, 0.15) is 11.2 Å². The number of furan rings is 1. The van der Waals surface area contributed by atoms with E-state index in [-0.39, 0.29) is 0 Å². The van der Waals surface area contributed by atoms with E-state index in [1.807, 2.05) is 121 Å². The lowest BCUT2D eigenvalue weighted by Gasteiger charge is -2.19. The molecule has 22 aromatic rings. The van der Waals surface area contributed by atoms with Crippen LogP contribution in [0, 0.1) is 0 Å². The average molecular weight is 1450 g/mol. The smallest absolute Gasteiger partial charge is 0.166 e. The van der Waals surface area contributed by atoms with Gasteiger partial charge in [-0.2, -0.15) is 0 Å². The zero-order valence-corrected chi connectivity index (χ0v) is 61.2. The van der Waals surface area contributed by atoms with Gasteiger partial charge in [-0.25, -0.2) is 29.9 Å². The molecule has 6 aromatic heterocycles. The van der Waals surface area contributed by atoms with Crippen LogP contribution in [0.5, 0.6) is 0 Å². The number of hydrogen-bond donors (Lipinski definition) is 0. The lowest BCUT2D eigenvalue weighted by molar-refractivity contribution is 0.669. The summed E-state index contributed by atoms with van der Waals surface area (Å²) in [6, 6.07) is 136. The van der Waals surface area contributed by atoms with E-state index in [2.05, 4.69) is 288 Å². The van der Waals surface area contributed by atoms with Crippen molar-refractivity contribution in [3.8, 4) is 124 Å². The Morgan fingerprint density at radius 3 is 0.955 bits per heavy atom. The molecule has 16 aromatic carbocycles. The molecule has 22 rings (SSSR count).